The van der Waals surface area contributed by atoms with Crippen LogP contribution >= 0.6 is 0 Å². The lowest BCUT2D eigenvalue weighted by atomic mass is 9.76. The van der Waals surface area contributed by atoms with Gasteiger partial charge in [-0.2, -0.15) is 13.0 Å². The van der Waals surface area contributed by atoms with E-state index >= 15 is 0 Å². The zero-order valence-corrected chi connectivity index (χ0v) is 18.4. The van der Waals surface area contributed by atoms with E-state index in [1.165, 1.54) is 17.0 Å². The number of phenolic OH excluding ortho intramolecular Hbond substituents is 1. The number of nitrogens with zero attached hydrogens (tertiary/aromatic N) is 1. The molecule has 0 aromatic heterocycles. The van der Waals surface area contributed by atoms with Crippen molar-refractivity contribution in [3.05, 3.63) is 54.1 Å². The summed E-state index contributed by atoms with van der Waals surface area (Å²) in [5.41, 5.74) is 3.54. The number of phenols is 1. The van der Waals surface area contributed by atoms with E-state index in [9.17, 15) is 13.5 Å². The van der Waals surface area contributed by atoms with Crippen molar-refractivity contribution in [3.8, 4) is 11.5 Å². The minimum absolute atomic E-state index is 0.159. The first-order valence-electron chi connectivity index (χ1n) is 10.3. The van der Waals surface area contributed by atoms with Gasteiger partial charge in [0.2, 0.25) is 5.69 Å². The predicted octanol–water partition coefficient (Wildman–Crippen LogP) is 4.30. The normalized spacial score (nSPS) is 18.5. The maximum absolute atomic E-state index is 11.0. The predicted molar refractivity (Wildman–Crippen MR) is 118 cm³/mol. The van der Waals surface area contributed by atoms with E-state index in [2.05, 4.69) is 30.6 Å². The molecule has 30 heavy (non-hydrogen) atoms. The van der Waals surface area contributed by atoms with Crippen LogP contribution in [0.15, 0.2) is 48.5 Å². The summed E-state index contributed by atoms with van der Waals surface area (Å²) in [5, 5.41) is 9.35. The van der Waals surface area contributed by atoms with Gasteiger partial charge in [0.25, 0.3) is 10.1 Å². The highest BCUT2D eigenvalue weighted by Crippen LogP contribution is 2.42. The number of aromatic hydroxyl groups is 1. The molecule has 0 saturated heterocycles. The molecule has 7 heteroatoms. The second kappa shape index (κ2) is 9.18. The van der Waals surface area contributed by atoms with Crippen LogP contribution in [0.1, 0.15) is 45.1 Å². The van der Waals surface area contributed by atoms with Crippen LogP contribution in [0.3, 0.4) is 0 Å². The third-order valence-electron chi connectivity index (χ3n) is 5.95. The molecule has 1 unspecified atom stereocenters. The van der Waals surface area contributed by atoms with Gasteiger partial charge in [-0.05, 0) is 44.0 Å². The Bertz CT molecular complexity index is 1010. The molecular weight excluding hydrogens is 402 g/mol. The molecule has 1 heterocycles. The lowest BCUT2D eigenvalue weighted by Gasteiger charge is -2.22. The fraction of sp³-hybridized carbons (Fsp3) is 0.435. The van der Waals surface area contributed by atoms with Gasteiger partial charge < -0.3 is 9.84 Å². The Morgan fingerprint density at radius 3 is 2.43 bits per heavy atom. The van der Waals surface area contributed by atoms with Gasteiger partial charge in [0.1, 0.15) is 11.5 Å². The van der Waals surface area contributed by atoms with Crippen LogP contribution < -0.4 is 4.74 Å². The summed E-state index contributed by atoms with van der Waals surface area (Å²) in [4.78, 5) is 0. The summed E-state index contributed by atoms with van der Waals surface area (Å²) >= 11 is 0. The fourth-order valence-electron chi connectivity index (χ4n) is 4.17. The van der Waals surface area contributed by atoms with Crippen molar-refractivity contribution in [1.29, 1.82) is 0 Å². The third-order valence-corrected chi connectivity index (χ3v) is 6.76. The minimum Gasteiger partial charge on any atom is -0.508 e. The second-order valence-corrected chi connectivity index (χ2v) is 9.60. The Labute approximate surface area is 178 Å². The number of rotatable bonds is 10. The van der Waals surface area contributed by atoms with Gasteiger partial charge >= 0.3 is 0 Å². The maximum atomic E-state index is 11.0. The number of benzene rings is 2. The van der Waals surface area contributed by atoms with Gasteiger partial charge in [0.05, 0.1) is 17.8 Å². The molecule has 0 saturated carbocycles. The van der Waals surface area contributed by atoms with Crippen molar-refractivity contribution in [3.63, 3.8) is 0 Å². The van der Waals surface area contributed by atoms with Crippen LogP contribution in [0.2, 0.25) is 0 Å². The zero-order valence-electron chi connectivity index (χ0n) is 17.5. The zero-order chi connectivity index (χ0) is 21.8. The Morgan fingerprint density at radius 2 is 1.73 bits per heavy atom. The molecule has 2 aromatic carbocycles. The van der Waals surface area contributed by atoms with Crippen LogP contribution in [0.25, 0.3) is 0 Å². The molecule has 2 N–H and O–H groups in total. The molecule has 0 fully saturated rings. The van der Waals surface area contributed by atoms with Crippen LogP contribution in [-0.2, 0) is 15.5 Å². The molecule has 0 spiro atoms. The Balaban J connectivity index is 1.65. The quantitative estimate of drug-likeness (QED) is 0.332. The van der Waals surface area contributed by atoms with E-state index in [4.69, 9.17) is 9.29 Å². The minimum atomic E-state index is -3.91. The number of fused-ring (bicyclic) bond motifs is 1. The molecule has 162 valence electrons. The average molecular weight is 433 g/mol. The number of unbranched alkanes of at least 4 members (excludes halogenated alkanes) is 1. The van der Waals surface area contributed by atoms with Gasteiger partial charge in [-0.1, -0.05) is 24.6 Å². The summed E-state index contributed by atoms with van der Waals surface area (Å²) in [7, 11) is -3.91. The Kier molecular flexibility index (Phi) is 6.83. The molecule has 0 amide bonds. The van der Waals surface area contributed by atoms with Crippen molar-refractivity contribution in [2.45, 2.75) is 44.9 Å². The first-order chi connectivity index (χ1) is 14.2. The van der Waals surface area contributed by atoms with E-state index in [1.54, 1.807) is 24.3 Å². The highest BCUT2D eigenvalue weighted by Gasteiger charge is 2.45. The van der Waals surface area contributed by atoms with Gasteiger partial charge in [-0.15, -0.1) is 0 Å². The molecule has 1 aliphatic rings. The van der Waals surface area contributed by atoms with Crippen molar-refractivity contribution in [1.82, 2.24) is 0 Å². The summed E-state index contributed by atoms with van der Waals surface area (Å²) in [6.45, 7) is 5.74. The van der Waals surface area contributed by atoms with Crippen LogP contribution in [0.5, 0.6) is 11.5 Å². The second-order valence-electron chi connectivity index (χ2n) is 8.03. The van der Waals surface area contributed by atoms with Crippen LogP contribution in [0, 0.1) is 0 Å². The van der Waals surface area contributed by atoms with Crippen molar-refractivity contribution in [2.75, 3.05) is 18.9 Å². The molecule has 2 aromatic rings. The summed E-state index contributed by atoms with van der Waals surface area (Å²) < 4.78 is 39.1. The number of hydrogen-bond acceptors (Lipinski definition) is 4. The molecule has 0 bridgehead atoms. The lowest BCUT2D eigenvalue weighted by Crippen LogP contribution is -2.30. The van der Waals surface area contributed by atoms with Crippen molar-refractivity contribution in [2.24, 2.45) is 0 Å². The smallest absolute Gasteiger partial charge is 0.264 e. The van der Waals surface area contributed by atoms with Crippen LogP contribution in [0.4, 0.5) is 5.69 Å². The van der Waals surface area contributed by atoms with Gasteiger partial charge in [0.15, 0.2) is 12.3 Å². The van der Waals surface area contributed by atoms with Gasteiger partial charge in [0, 0.05) is 25.0 Å². The van der Waals surface area contributed by atoms with E-state index in [-0.39, 0.29) is 16.9 Å². The van der Waals surface area contributed by atoms with Crippen LogP contribution in [-0.4, -0.2) is 47.3 Å². The number of ether oxygens (including phenoxy) is 1. The standard InChI is InChI=1S/C23H29NO5S/c1-18-23(2,14-5-6-17-30(26,27)28)21-8-3-4-9-22(21)24(18)15-7-16-29-20-12-10-19(25)11-13-20/h3-4,8-13H,5-7,14-17H2,1-2H3,(H-,25,26,27,28)/p+1. The lowest BCUT2D eigenvalue weighted by molar-refractivity contribution is -0.440. The third kappa shape index (κ3) is 5.21. The summed E-state index contributed by atoms with van der Waals surface area (Å²) in [5.74, 6) is 0.762. The summed E-state index contributed by atoms with van der Waals surface area (Å²) in [6, 6.07) is 15.1. The SMILES string of the molecule is CC1=[N+](CCCOc2ccc(O)cc2)c2ccccc2C1(C)CCCCS(=O)(=O)O. The molecule has 0 radical (unpaired) electrons. The van der Waals surface area contributed by atoms with Gasteiger partial charge in [-0.25, -0.2) is 0 Å². The first-order valence-corrected chi connectivity index (χ1v) is 11.9. The fourth-order valence-corrected chi connectivity index (χ4v) is 4.74. The maximum Gasteiger partial charge on any atom is 0.264 e. The highest BCUT2D eigenvalue weighted by molar-refractivity contribution is 7.85. The van der Waals surface area contributed by atoms with E-state index in [0.717, 1.165) is 31.6 Å². The Hall–Kier alpha value is -2.38. The Morgan fingerprint density at radius 1 is 1.03 bits per heavy atom. The van der Waals surface area contributed by atoms with E-state index in [0.29, 0.717) is 13.0 Å². The van der Waals surface area contributed by atoms with Gasteiger partial charge in [-0.3, -0.25) is 4.55 Å². The van der Waals surface area contributed by atoms with Crippen molar-refractivity contribution < 1.29 is 27.4 Å². The number of para-hydroxylation sites is 1. The molecule has 1 atom stereocenters. The van der Waals surface area contributed by atoms with Crippen molar-refractivity contribution >= 4 is 21.5 Å². The molecule has 3 rings (SSSR count). The highest BCUT2D eigenvalue weighted by atomic mass is 32.2. The molecule has 0 aliphatic carbocycles. The molecule has 1 aliphatic heterocycles. The first kappa shape index (κ1) is 22.3. The molecule has 6 nitrogen and oxygen atoms in total. The monoisotopic (exact) mass is 432 g/mol. The molecular formula is C23H30NO5S+. The van der Waals surface area contributed by atoms with E-state index < -0.39 is 10.1 Å². The number of hydrogen-bond donors (Lipinski definition) is 2. The summed E-state index contributed by atoms with van der Waals surface area (Å²) in [6.07, 6.45) is 2.83. The topological polar surface area (TPSA) is 86.8 Å². The van der Waals surface area contributed by atoms with E-state index in [1.807, 2.05) is 12.1 Å². The largest absolute Gasteiger partial charge is 0.508 e. The average Bonchev–Trinajstić information content (AvgIpc) is 2.91.